The van der Waals surface area contributed by atoms with E-state index >= 15 is 0 Å². The fourth-order valence-corrected chi connectivity index (χ4v) is 3.73. The van der Waals surface area contributed by atoms with Gasteiger partial charge in [-0.1, -0.05) is 24.3 Å². The maximum atomic E-state index is 4.66. The van der Waals surface area contributed by atoms with Gasteiger partial charge in [0.05, 0.1) is 34.6 Å². The van der Waals surface area contributed by atoms with E-state index in [2.05, 4.69) is 96.4 Å². The number of benzene rings is 2. The first-order valence-corrected chi connectivity index (χ1v) is 9.15. The molecule has 4 nitrogen and oxygen atoms in total. The summed E-state index contributed by atoms with van der Waals surface area (Å²) in [5, 5.41) is 5.84. The van der Waals surface area contributed by atoms with Gasteiger partial charge in [-0.2, -0.15) is 5.10 Å². The molecule has 0 bridgehead atoms. The molecule has 0 saturated carbocycles. The molecule has 2 heterocycles. The largest absolute Gasteiger partial charge is 0.325 e. The van der Waals surface area contributed by atoms with E-state index in [4.69, 9.17) is 0 Å². The Bertz CT molecular complexity index is 1080. The Morgan fingerprint density at radius 3 is 2.46 bits per heavy atom. The summed E-state index contributed by atoms with van der Waals surface area (Å²) in [5.41, 5.74) is 4.60. The van der Waals surface area contributed by atoms with Gasteiger partial charge in [0.1, 0.15) is 0 Å². The number of imidazole rings is 1. The molecule has 0 aliphatic carbocycles. The SMILES string of the molecule is CC(C)(C)n1cnc2cc(CC(C)(C)n3ncc4ccccc43)ccc21. The normalized spacial score (nSPS) is 13.0. The molecular weight excluding hydrogens is 320 g/mol. The van der Waals surface area contributed by atoms with Crippen LogP contribution in [0.3, 0.4) is 0 Å². The summed E-state index contributed by atoms with van der Waals surface area (Å²) >= 11 is 0. The minimum atomic E-state index is -0.122. The predicted molar refractivity (Wildman–Crippen MR) is 107 cm³/mol. The first kappa shape index (κ1) is 16.8. The standard InChI is InChI=1S/C22H26N4/c1-21(2,3)25-15-23-18-12-16(10-11-20(18)25)13-22(4,5)26-19-9-7-6-8-17(19)14-24-26/h6-12,14-15H,13H2,1-5H3. The molecule has 0 saturated heterocycles. The Morgan fingerprint density at radius 1 is 0.923 bits per heavy atom. The Kier molecular flexibility index (Phi) is 3.69. The average molecular weight is 346 g/mol. The highest BCUT2D eigenvalue weighted by Crippen LogP contribution is 2.28. The summed E-state index contributed by atoms with van der Waals surface area (Å²) < 4.78 is 4.37. The van der Waals surface area contributed by atoms with Gasteiger partial charge in [-0.15, -0.1) is 0 Å². The fraction of sp³-hybridized carbons (Fsp3) is 0.364. The number of rotatable bonds is 3. The number of hydrogen-bond acceptors (Lipinski definition) is 2. The first-order valence-electron chi connectivity index (χ1n) is 9.15. The van der Waals surface area contributed by atoms with E-state index < -0.39 is 0 Å². The van der Waals surface area contributed by atoms with Crippen LogP contribution in [0.1, 0.15) is 40.2 Å². The van der Waals surface area contributed by atoms with E-state index in [-0.39, 0.29) is 11.1 Å². The van der Waals surface area contributed by atoms with Crippen molar-refractivity contribution < 1.29 is 0 Å². The van der Waals surface area contributed by atoms with Crippen LogP contribution in [0.2, 0.25) is 0 Å². The van der Waals surface area contributed by atoms with Crippen molar-refractivity contribution in [3.05, 3.63) is 60.6 Å². The second-order valence-electron chi connectivity index (χ2n) is 8.71. The lowest BCUT2D eigenvalue weighted by Crippen LogP contribution is -2.30. The van der Waals surface area contributed by atoms with Crippen LogP contribution in [-0.2, 0) is 17.5 Å². The number of fused-ring (bicyclic) bond motifs is 2. The quantitative estimate of drug-likeness (QED) is 0.516. The Balaban J connectivity index is 1.70. The minimum absolute atomic E-state index is 0.0313. The van der Waals surface area contributed by atoms with Crippen molar-refractivity contribution in [1.29, 1.82) is 0 Å². The van der Waals surface area contributed by atoms with Crippen LogP contribution in [-0.4, -0.2) is 19.3 Å². The Hall–Kier alpha value is -2.62. The number of nitrogens with zero attached hydrogens (tertiary/aromatic N) is 4. The van der Waals surface area contributed by atoms with E-state index in [0.29, 0.717) is 0 Å². The molecule has 26 heavy (non-hydrogen) atoms. The predicted octanol–water partition coefficient (Wildman–Crippen LogP) is 5.12. The van der Waals surface area contributed by atoms with Crippen LogP contribution in [0.15, 0.2) is 55.0 Å². The first-order chi connectivity index (χ1) is 12.3. The molecule has 0 fully saturated rings. The lowest BCUT2D eigenvalue weighted by molar-refractivity contribution is 0.328. The lowest BCUT2D eigenvalue weighted by Gasteiger charge is -2.27. The van der Waals surface area contributed by atoms with Crippen molar-refractivity contribution in [2.45, 2.75) is 52.1 Å². The highest BCUT2D eigenvalue weighted by atomic mass is 15.3. The number of aromatic nitrogens is 4. The van der Waals surface area contributed by atoms with Crippen LogP contribution in [0.4, 0.5) is 0 Å². The summed E-state index contributed by atoms with van der Waals surface area (Å²) in [6.45, 7) is 11.1. The molecule has 0 atom stereocenters. The van der Waals surface area contributed by atoms with Gasteiger partial charge < -0.3 is 4.57 Å². The zero-order chi connectivity index (χ0) is 18.5. The summed E-state index contributed by atoms with van der Waals surface area (Å²) in [4.78, 5) is 4.63. The molecule has 4 aromatic rings. The second-order valence-corrected chi connectivity index (χ2v) is 8.71. The molecule has 0 N–H and O–H groups in total. The second kappa shape index (κ2) is 5.70. The summed E-state index contributed by atoms with van der Waals surface area (Å²) in [7, 11) is 0. The van der Waals surface area contributed by atoms with Crippen molar-refractivity contribution in [2.75, 3.05) is 0 Å². The summed E-state index contributed by atoms with van der Waals surface area (Å²) in [6.07, 6.45) is 4.79. The van der Waals surface area contributed by atoms with Crippen molar-refractivity contribution in [3.63, 3.8) is 0 Å². The molecule has 4 heteroatoms. The number of hydrogen-bond donors (Lipinski definition) is 0. The molecular formula is C22H26N4. The fourth-order valence-electron chi connectivity index (χ4n) is 3.73. The van der Waals surface area contributed by atoms with Gasteiger partial charge in [0.15, 0.2) is 0 Å². The third-order valence-electron chi connectivity index (χ3n) is 5.02. The minimum Gasteiger partial charge on any atom is -0.325 e. The monoisotopic (exact) mass is 346 g/mol. The van der Waals surface area contributed by atoms with E-state index in [9.17, 15) is 0 Å². The van der Waals surface area contributed by atoms with Crippen LogP contribution >= 0.6 is 0 Å². The number of para-hydroxylation sites is 1. The van der Waals surface area contributed by atoms with Crippen LogP contribution in [0.25, 0.3) is 21.9 Å². The van der Waals surface area contributed by atoms with E-state index in [1.54, 1.807) is 0 Å². The average Bonchev–Trinajstić information content (AvgIpc) is 3.18. The van der Waals surface area contributed by atoms with Crippen molar-refractivity contribution in [3.8, 4) is 0 Å². The maximum Gasteiger partial charge on any atom is 0.0963 e. The molecule has 4 rings (SSSR count). The van der Waals surface area contributed by atoms with E-state index in [0.717, 1.165) is 11.9 Å². The zero-order valence-corrected chi connectivity index (χ0v) is 16.2. The molecule has 0 amide bonds. The van der Waals surface area contributed by atoms with Crippen molar-refractivity contribution >= 4 is 21.9 Å². The smallest absolute Gasteiger partial charge is 0.0963 e. The molecule has 0 spiro atoms. The van der Waals surface area contributed by atoms with Gasteiger partial charge in [0.2, 0.25) is 0 Å². The third kappa shape index (κ3) is 2.79. The van der Waals surface area contributed by atoms with Crippen molar-refractivity contribution in [1.82, 2.24) is 19.3 Å². The maximum absolute atomic E-state index is 4.66. The Morgan fingerprint density at radius 2 is 1.69 bits per heavy atom. The summed E-state index contributed by atoms with van der Waals surface area (Å²) in [6, 6.07) is 15.0. The van der Waals surface area contributed by atoms with Gasteiger partial charge in [-0.05, 0) is 64.8 Å². The van der Waals surface area contributed by atoms with Crippen LogP contribution < -0.4 is 0 Å². The van der Waals surface area contributed by atoms with Crippen LogP contribution in [0.5, 0.6) is 0 Å². The van der Waals surface area contributed by atoms with Gasteiger partial charge in [-0.25, -0.2) is 4.98 Å². The van der Waals surface area contributed by atoms with E-state index in [1.807, 2.05) is 12.5 Å². The lowest BCUT2D eigenvalue weighted by atomic mass is 9.94. The molecule has 0 aliphatic heterocycles. The highest BCUT2D eigenvalue weighted by molar-refractivity contribution is 5.79. The molecule has 0 aliphatic rings. The van der Waals surface area contributed by atoms with Gasteiger partial charge >= 0.3 is 0 Å². The molecule has 0 radical (unpaired) electrons. The molecule has 0 unspecified atom stereocenters. The van der Waals surface area contributed by atoms with Crippen molar-refractivity contribution in [2.24, 2.45) is 0 Å². The molecule has 2 aromatic heterocycles. The van der Waals surface area contributed by atoms with Gasteiger partial charge in [-0.3, -0.25) is 4.68 Å². The van der Waals surface area contributed by atoms with Gasteiger partial charge in [0.25, 0.3) is 0 Å². The Labute approximate surface area is 154 Å². The van der Waals surface area contributed by atoms with Crippen LogP contribution in [0, 0.1) is 0 Å². The van der Waals surface area contributed by atoms with Gasteiger partial charge in [0, 0.05) is 10.9 Å². The third-order valence-corrected chi connectivity index (χ3v) is 5.02. The molecule has 134 valence electrons. The summed E-state index contributed by atoms with van der Waals surface area (Å²) in [5.74, 6) is 0. The molecule has 2 aromatic carbocycles. The zero-order valence-electron chi connectivity index (χ0n) is 16.2. The van der Waals surface area contributed by atoms with E-state index in [1.165, 1.54) is 22.0 Å². The highest BCUT2D eigenvalue weighted by Gasteiger charge is 2.24. The topological polar surface area (TPSA) is 35.6 Å².